The van der Waals surface area contributed by atoms with Crippen LogP contribution >= 0.6 is 0 Å². The first-order valence-corrected chi connectivity index (χ1v) is 4.87. The molecule has 0 bridgehead atoms. The summed E-state index contributed by atoms with van der Waals surface area (Å²) in [6.45, 7) is 1.73. The van der Waals surface area contributed by atoms with Crippen molar-refractivity contribution in [1.29, 1.82) is 5.39 Å². The first-order chi connectivity index (χ1) is 8.19. The lowest BCUT2D eigenvalue weighted by Gasteiger charge is -1.99. The Morgan fingerprint density at radius 3 is 2.59 bits per heavy atom. The third kappa shape index (κ3) is 3.50. The normalized spacial score (nSPS) is 11.1. The monoisotopic (exact) mass is 235 g/mol. The van der Waals surface area contributed by atoms with Crippen molar-refractivity contribution in [2.75, 3.05) is 6.61 Å². The van der Waals surface area contributed by atoms with Crippen molar-refractivity contribution >= 4 is 5.97 Å². The number of carbonyl (C=O) groups is 1. The van der Waals surface area contributed by atoms with Crippen LogP contribution in [-0.2, 0) is 9.53 Å². The first kappa shape index (κ1) is 12.5. The van der Waals surface area contributed by atoms with Gasteiger partial charge in [0.1, 0.15) is 5.75 Å². The molecule has 0 saturated carbocycles. The quantitative estimate of drug-likeness (QED) is 0.284. The Balaban J connectivity index is 2.83. The number of hydrogen-bond donors (Lipinski definition) is 1. The van der Waals surface area contributed by atoms with Crippen molar-refractivity contribution in [1.82, 2.24) is 0 Å². The molecule has 0 atom stereocenters. The molecule has 88 valence electrons. The van der Waals surface area contributed by atoms with E-state index in [0.29, 0.717) is 0 Å². The van der Waals surface area contributed by atoms with Crippen LogP contribution in [-0.4, -0.2) is 17.7 Å². The van der Waals surface area contributed by atoms with E-state index in [9.17, 15) is 9.90 Å². The summed E-state index contributed by atoms with van der Waals surface area (Å²) < 4.78 is 9.48. The minimum absolute atomic E-state index is 0.128. The number of nitrogens with zero attached hydrogens (tertiary/aromatic N) is 2. The standard InChI is InChI=1S/C11H10N2O4/c1-2-16-10(14)9(13-12)11(15)17-8-6-4-3-5-7-8/h3-7H,2H2,1H3/p+1. The first-order valence-electron chi connectivity index (χ1n) is 4.87. The van der Waals surface area contributed by atoms with Gasteiger partial charge in [-0.15, -0.1) is 0 Å². The van der Waals surface area contributed by atoms with Gasteiger partial charge in [0.25, 0.3) is 0 Å². The van der Waals surface area contributed by atoms with Crippen LogP contribution in [0.5, 0.6) is 5.75 Å². The zero-order valence-electron chi connectivity index (χ0n) is 9.16. The van der Waals surface area contributed by atoms with Crippen molar-refractivity contribution in [3.63, 3.8) is 0 Å². The average Bonchev–Trinajstić information content (AvgIpc) is 2.31. The van der Waals surface area contributed by atoms with E-state index in [4.69, 9.17) is 10.1 Å². The number of benzene rings is 1. The molecule has 1 rings (SSSR count). The maximum atomic E-state index is 11.5. The van der Waals surface area contributed by atoms with Gasteiger partial charge in [0.05, 0.1) is 6.61 Å². The maximum absolute atomic E-state index is 11.5. The Bertz CT molecular complexity index is 462. The highest BCUT2D eigenvalue weighted by Gasteiger charge is 2.33. The summed E-state index contributed by atoms with van der Waals surface area (Å²) in [6, 6.07) is 8.19. The van der Waals surface area contributed by atoms with E-state index >= 15 is 0 Å². The third-order valence-electron chi connectivity index (χ3n) is 1.73. The molecular weight excluding hydrogens is 224 g/mol. The molecule has 1 aromatic rings. The van der Waals surface area contributed by atoms with Gasteiger partial charge in [0.15, 0.2) is 4.98 Å². The van der Waals surface area contributed by atoms with Gasteiger partial charge < -0.3 is 14.6 Å². The van der Waals surface area contributed by atoms with E-state index in [1.54, 1.807) is 37.3 Å². The van der Waals surface area contributed by atoms with Gasteiger partial charge in [-0.25, -0.2) is 4.79 Å². The lowest BCUT2D eigenvalue weighted by Crippen LogP contribution is -2.12. The number of diazo groups is 1. The number of ether oxygens (including phenoxy) is 2. The van der Waals surface area contributed by atoms with E-state index in [-0.39, 0.29) is 12.4 Å². The summed E-state index contributed by atoms with van der Waals surface area (Å²) in [6.07, 6.45) is 0. The molecule has 0 saturated heterocycles. The molecule has 0 fully saturated rings. The molecule has 6 heteroatoms. The van der Waals surface area contributed by atoms with Crippen LogP contribution in [0.4, 0.5) is 0 Å². The number of para-hydroxylation sites is 1. The fourth-order valence-electron chi connectivity index (χ4n) is 1.02. The smallest absolute Gasteiger partial charge is 0.475 e. The van der Waals surface area contributed by atoms with Crippen LogP contribution in [0.2, 0.25) is 0 Å². The Kier molecular flexibility index (Phi) is 4.51. The van der Waals surface area contributed by atoms with E-state index in [1.807, 2.05) is 0 Å². The minimum Gasteiger partial charge on any atom is -0.475 e. The molecule has 17 heavy (non-hydrogen) atoms. The summed E-state index contributed by atoms with van der Waals surface area (Å²) in [7, 11) is 0. The Morgan fingerprint density at radius 1 is 1.41 bits per heavy atom. The lowest BCUT2D eigenvalue weighted by molar-refractivity contribution is -0.130. The summed E-state index contributed by atoms with van der Waals surface area (Å²) in [4.78, 5) is 14.1. The molecule has 0 aromatic heterocycles. The summed E-state index contributed by atoms with van der Waals surface area (Å²) in [5.41, 5.74) is -0.685. The van der Waals surface area contributed by atoms with E-state index in [1.165, 1.54) is 0 Å². The number of rotatable bonds is 4. The molecular formula is C11H11N2O4+. The van der Waals surface area contributed by atoms with Gasteiger partial charge in [0.2, 0.25) is 5.39 Å². The van der Waals surface area contributed by atoms with Crippen molar-refractivity contribution in [3.05, 3.63) is 47.0 Å². The lowest BCUT2D eigenvalue weighted by atomic mass is 10.3. The van der Waals surface area contributed by atoms with Gasteiger partial charge >= 0.3 is 17.6 Å². The minimum atomic E-state index is -1.01. The Hall–Kier alpha value is -2.55. The molecule has 0 aliphatic heterocycles. The number of hydrogen-bond acceptors (Lipinski definition) is 5. The van der Waals surface area contributed by atoms with Crippen molar-refractivity contribution < 1.29 is 19.4 Å². The van der Waals surface area contributed by atoms with E-state index in [0.717, 1.165) is 0 Å². The summed E-state index contributed by atoms with van der Waals surface area (Å²) in [5, 5.41) is 17.9. The fraction of sp³-hybridized carbons (Fsp3) is 0.182. The predicted molar refractivity (Wildman–Crippen MR) is 58.4 cm³/mol. The van der Waals surface area contributed by atoms with Gasteiger partial charge in [-0.3, -0.25) is 0 Å². The molecule has 1 N–H and O–H groups in total. The van der Waals surface area contributed by atoms with Crippen molar-refractivity contribution in [3.8, 4) is 5.75 Å². The Morgan fingerprint density at radius 2 is 2.06 bits per heavy atom. The molecule has 0 radical (unpaired) electrons. The molecule has 0 heterocycles. The van der Waals surface area contributed by atoms with Crippen LogP contribution in [0.3, 0.4) is 0 Å². The second-order valence-corrected chi connectivity index (χ2v) is 2.89. The second kappa shape index (κ2) is 6.12. The van der Waals surface area contributed by atoms with Gasteiger partial charge in [-0.05, 0) is 19.1 Å². The van der Waals surface area contributed by atoms with Crippen LogP contribution in [0.1, 0.15) is 6.92 Å². The number of carbonyl (C=O) groups excluding carboxylic acids is 1. The Labute approximate surface area is 97.7 Å². The molecule has 0 spiro atoms. The average molecular weight is 235 g/mol. The zero-order valence-corrected chi connectivity index (χ0v) is 9.16. The highest BCUT2D eigenvalue weighted by Crippen LogP contribution is 2.13. The van der Waals surface area contributed by atoms with Gasteiger partial charge in [0, 0.05) is 0 Å². The summed E-state index contributed by atoms with van der Waals surface area (Å²) in [5.74, 6) is -1.52. The highest BCUT2D eigenvalue weighted by atomic mass is 16.6. The number of aliphatic hydroxyl groups excluding tert-OH is 1. The largest absolute Gasteiger partial charge is 0.547 e. The topological polar surface area (TPSA) is 83.9 Å². The third-order valence-corrected chi connectivity index (χ3v) is 1.73. The van der Waals surface area contributed by atoms with Crippen molar-refractivity contribution in [2.24, 2.45) is 0 Å². The van der Waals surface area contributed by atoms with Gasteiger partial charge in [-0.1, -0.05) is 18.2 Å². The molecule has 0 aliphatic rings. The second-order valence-electron chi connectivity index (χ2n) is 2.89. The molecule has 0 aliphatic carbocycles. The van der Waals surface area contributed by atoms with E-state index in [2.05, 4.69) is 9.71 Å². The van der Waals surface area contributed by atoms with Crippen LogP contribution in [0.25, 0.3) is 4.98 Å². The number of aliphatic hydroxyl groups is 1. The SMILES string of the molecule is CCO/C(O)=C(\[N+]#N)C(=O)Oc1ccccc1. The van der Waals surface area contributed by atoms with Crippen molar-refractivity contribution in [2.45, 2.75) is 6.92 Å². The fourth-order valence-corrected chi connectivity index (χ4v) is 1.02. The maximum Gasteiger partial charge on any atom is 0.547 e. The molecule has 1 aromatic carbocycles. The highest BCUT2D eigenvalue weighted by molar-refractivity contribution is 5.92. The van der Waals surface area contributed by atoms with Gasteiger partial charge in [-0.2, -0.15) is 0 Å². The molecule has 0 unspecified atom stereocenters. The zero-order chi connectivity index (χ0) is 12.7. The predicted octanol–water partition coefficient (Wildman–Crippen LogP) is 2.21. The van der Waals surface area contributed by atoms with Crippen LogP contribution < -0.4 is 4.74 Å². The molecule has 6 nitrogen and oxygen atoms in total. The van der Waals surface area contributed by atoms with Crippen LogP contribution in [0.15, 0.2) is 42.0 Å². The number of esters is 1. The van der Waals surface area contributed by atoms with E-state index < -0.39 is 17.6 Å². The summed E-state index contributed by atoms with van der Waals surface area (Å²) >= 11 is 0. The molecule has 0 amide bonds. The van der Waals surface area contributed by atoms with Crippen LogP contribution in [0, 0.1) is 5.39 Å².